The van der Waals surface area contributed by atoms with Crippen molar-refractivity contribution >= 4 is 5.91 Å². The van der Waals surface area contributed by atoms with Crippen LogP contribution in [0.15, 0.2) is 60.7 Å². The van der Waals surface area contributed by atoms with Crippen LogP contribution in [-0.4, -0.2) is 35.9 Å². The van der Waals surface area contributed by atoms with Crippen molar-refractivity contribution in [2.45, 2.75) is 13.3 Å². The molecule has 2 aromatic carbocycles. The van der Waals surface area contributed by atoms with E-state index in [0.29, 0.717) is 31.1 Å². The second kappa shape index (κ2) is 10.2. The number of ether oxygens (including phenoxy) is 2. The van der Waals surface area contributed by atoms with E-state index < -0.39 is 0 Å². The lowest BCUT2D eigenvalue weighted by Gasteiger charge is -2.08. The Morgan fingerprint density at radius 3 is 2.38 bits per heavy atom. The number of rotatable bonds is 9. The average Bonchev–Trinajstić information content (AvgIpc) is 2.74. The van der Waals surface area contributed by atoms with Gasteiger partial charge in [0.15, 0.2) is 0 Å². The van der Waals surface area contributed by atoms with Crippen LogP contribution < -0.4 is 14.8 Å². The zero-order valence-corrected chi connectivity index (χ0v) is 16.1. The summed E-state index contributed by atoms with van der Waals surface area (Å²) in [5.74, 6) is 0.759. The smallest absolute Gasteiger partial charge is 0.233 e. The van der Waals surface area contributed by atoms with E-state index in [-0.39, 0.29) is 18.3 Å². The topological polar surface area (TPSA) is 73.3 Å². The Bertz CT molecular complexity index is 914. The molecule has 0 saturated carbocycles. The maximum atomic E-state index is 13.0. The minimum Gasteiger partial charge on any atom is -0.494 e. The van der Waals surface area contributed by atoms with Crippen molar-refractivity contribution in [2.75, 3.05) is 19.8 Å². The number of aromatic nitrogens is 2. The Labute approximate surface area is 168 Å². The number of nitrogens with one attached hydrogen (secondary N) is 1. The summed E-state index contributed by atoms with van der Waals surface area (Å²) in [4.78, 5) is 12.0. The molecule has 3 rings (SSSR count). The van der Waals surface area contributed by atoms with Crippen LogP contribution in [0.3, 0.4) is 0 Å². The molecule has 150 valence electrons. The molecule has 0 aliphatic carbocycles. The van der Waals surface area contributed by atoms with Gasteiger partial charge >= 0.3 is 0 Å². The van der Waals surface area contributed by atoms with Crippen LogP contribution in [0.2, 0.25) is 0 Å². The molecule has 7 heteroatoms. The molecule has 29 heavy (non-hydrogen) atoms. The van der Waals surface area contributed by atoms with Crippen molar-refractivity contribution in [3.63, 3.8) is 0 Å². The van der Waals surface area contributed by atoms with Gasteiger partial charge in [0.2, 0.25) is 11.8 Å². The highest BCUT2D eigenvalue weighted by atomic mass is 19.1. The maximum Gasteiger partial charge on any atom is 0.233 e. The summed E-state index contributed by atoms with van der Waals surface area (Å²) in [6.07, 6.45) is 0.290. The Hall–Kier alpha value is -3.48. The number of hydrogen-bond acceptors (Lipinski definition) is 5. The lowest BCUT2D eigenvalue weighted by molar-refractivity contribution is -0.120. The van der Waals surface area contributed by atoms with Crippen LogP contribution in [0.25, 0.3) is 11.3 Å². The van der Waals surface area contributed by atoms with Gasteiger partial charge in [-0.3, -0.25) is 4.79 Å². The first-order valence-corrected chi connectivity index (χ1v) is 9.35. The predicted molar refractivity (Wildman–Crippen MR) is 107 cm³/mol. The Morgan fingerprint density at radius 2 is 1.72 bits per heavy atom. The van der Waals surface area contributed by atoms with Gasteiger partial charge in [-0.2, -0.15) is 0 Å². The van der Waals surface area contributed by atoms with Crippen LogP contribution in [0, 0.1) is 5.82 Å². The van der Waals surface area contributed by atoms with Gasteiger partial charge in [-0.1, -0.05) is 12.1 Å². The van der Waals surface area contributed by atoms with Gasteiger partial charge in [0.25, 0.3) is 0 Å². The third-order valence-corrected chi connectivity index (χ3v) is 4.05. The van der Waals surface area contributed by atoms with E-state index in [1.807, 2.05) is 31.2 Å². The van der Waals surface area contributed by atoms with Crippen LogP contribution in [0.1, 0.15) is 12.5 Å². The van der Waals surface area contributed by atoms with E-state index in [2.05, 4.69) is 15.5 Å². The molecular formula is C22H22FN3O3. The van der Waals surface area contributed by atoms with E-state index in [1.54, 1.807) is 24.3 Å². The molecule has 0 radical (unpaired) electrons. The molecule has 6 nitrogen and oxygen atoms in total. The number of carbonyl (C=O) groups is 1. The van der Waals surface area contributed by atoms with Crippen LogP contribution in [0.5, 0.6) is 11.6 Å². The monoisotopic (exact) mass is 395 g/mol. The fraction of sp³-hybridized carbons (Fsp3) is 0.227. The first-order valence-electron chi connectivity index (χ1n) is 9.35. The summed E-state index contributed by atoms with van der Waals surface area (Å²) in [7, 11) is 0. The lowest BCUT2D eigenvalue weighted by Crippen LogP contribution is -2.29. The zero-order valence-electron chi connectivity index (χ0n) is 16.1. The van der Waals surface area contributed by atoms with Crippen molar-refractivity contribution in [1.29, 1.82) is 0 Å². The number of benzene rings is 2. The van der Waals surface area contributed by atoms with E-state index in [1.165, 1.54) is 12.1 Å². The summed E-state index contributed by atoms with van der Waals surface area (Å²) in [5.41, 5.74) is 2.31. The SMILES string of the molecule is CCOc1ccc(CC(=O)NCCOc2ccc(-c3ccc(F)cc3)nn2)cc1. The highest BCUT2D eigenvalue weighted by Gasteiger charge is 2.05. The van der Waals surface area contributed by atoms with Gasteiger partial charge in [-0.25, -0.2) is 4.39 Å². The third-order valence-electron chi connectivity index (χ3n) is 4.05. The largest absolute Gasteiger partial charge is 0.494 e. The highest BCUT2D eigenvalue weighted by Crippen LogP contribution is 2.18. The molecule has 1 amide bonds. The summed E-state index contributed by atoms with van der Waals surface area (Å²) in [5, 5.41) is 10.9. The first kappa shape index (κ1) is 20.3. The fourth-order valence-corrected chi connectivity index (χ4v) is 2.64. The highest BCUT2D eigenvalue weighted by molar-refractivity contribution is 5.78. The normalized spacial score (nSPS) is 10.4. The van der Waals surface area contributed by atoms with E-state index in [0.717, 1.165) is 16.9 Å². The summed E-state index contributed by atoms with van der Waals surface area (Å²) >= 11 is 0. The molecule has 0 aliphatic heterocycles. The van der Waals surface area contributed by atoms with Gasteiger partial charge in [-0.05, 0) is 55.0 Å². The minimum atomic E-state index is -0.300. The van der Waals surface area contributed by atoms with Gasteiger partial charge in [0.1, 0.15) is 18.2 Å². The Morgan fingerprint density at radius 1 is 0.966 bits per heavy atom. The van der Waals surface area contributed by atoms with Gasteiger partial charge in [0, 0.05) is 11.6 Å². The molecule has 0 fully saturated rings. The molecule has 1 N–H and O–H groups in total. The zero-order chi connectivity index (χ0) is 20.5. The second-order valence-corrected chi connectivity index (χ2v) is 6.22. The van der Waals surface area contributed by atoms with Gasteiger partial charge < -0.3 is 14.8 Å². The number of amides is 1. The molecule has 0 unspecified atom stereocenters. The molecule has 1 aromatic heterocycles. The van der Waals surface area contributed by atoms with Crippen molar-refractivity contribution in [2.24, 2.45) is 0 Å². The quantitative estimate of drug-likeness (QED) is 0.562. The number of carbonyl (C=O) groups excluding carboxylic acids is 1. The maximum absolute atomic E-state index is 13.0. The van der Waals surface area contributed by atoms with E-state index in [4.69, 9.17) is 9.47 Å². The lowest BCUT2D eigenvalue weighted by atomic mass is 10.1. The average molecular weight is 395 g/mol. The molecule has 1 heterocycles. The Balaban J connectivity index is 1.39. The van der Waals surface area contributed by atoms with Gasteiger partial charge in [0.05, 0.1) is 25.3 Å². The number of hydrogen-bond donors (Lipinski definition) is 1. The minimum absolute atomic E-state index is 0.0875. The van der Waals surface area contributed by atoms with Crippen LogP contribution >= 0.6 is 0 Å². The molecule has 0 spiro atoms. The predicted octanol–water partition coefficient (Wildman–Crippen LogP) is 3.42. The van der Waals surface area contributed by atoms with Crippen LogP contribution in [0.4, 0.5) is 4.39 Å². The van der Waals surface area contributed by atoms with E-state index in [9.17, 15) is 9.18 Å². The molecule has 0 saturated heterocycles. The first-order chi connectivity index (χ1) is 14.1. The molecule has 0 aliphatic rings. The summed E-state index contributed by atoms with van der Waals surface area (Å²) < 4.78 is 23.8. The van der Waals surface area contributed by atoms with E-state index >= 15 is 0 Å². The van der Waals surface area contributed by atoms with Crippen molar-refractivity contribution in [3.8, 4) is 22.9 Å². The third kappa shape index (κ3) is 6.27. The van der Waals surface area contributed by atoms with Gasteiger partial charge in [-0.15, -0.1) is 10.2 Å². The molecular weight excluding hydrogens is 373 g/mol. The summed E-state index contributed by atoms with van der Waals surface area (Å²) in [6.45, 7) is 3.17. The van der Waals surface area contributed by atoms with Crippen molar-refractivity contribution < 1.29 is 18.7 Å². The Kier molecular flexibility index (Phi) is 7.10. The fourth-order valence-electron chi connectivity index (χ4n) is 2.64. The molecule has 0 atom stereocenters. The standard InChI is InChI=1S/C22H22FN3O3/c1-2-28-19-9-3-16(4-10-19)15-21(27)24-13-14-29-22-12-11-20(25-26-22)17-5-7-18(23)8-6-17/h3-12H,2,13-15H2,1H3,(H,24,27). The summed E-state index contributed by atoms with van der Waals surface area (Å²) in [6, 6.07) is 16.9. The second-order valence-electron chi connectivity index (χ2n) is 6.22. The number of halogens is 1. The van der Waals surface area contributed by atoms with Crippen molar-refractivity contribution in [3.05, 3.63) is 72.0 Å². The molecule has 0 bridgehead atoms. The number of nitrogens with zero attached hydrogens (tertiary/aromatic N) is 2. The van der Waals surface area contributed by atoms with Crippen LogP contribution in [-0.2, 0) is 11.2 Å². The van der Waals surface area contributed by atoms with Crippen molar-refractivity contribution in [1.82, 2.24) is 15.5 Å². The molecule has 3 aromatic rings.